The molecule has 3 nitrogen and oxygen atoms in total. The molecule has 0 aliphatic heterocycles. The first-order chi connectivity index (χ1) is 4.13. The maximum absolute atomic E-state index is 10.2. The molecule has 52 valence electrons. The van der Waals surface area contributed by atoms with Crippen molar-refractivity contribution in [2.75, 3.05) is 14.1 Å². The van der Waals surface area contributed by atoms with Gasteiger partial charge in [0.15, 0.2) is 0 Å². The number of hydrogen-bond acceptors (Lipinski definition) is 2. The van der Waals surface area contributed by atoms with E-state index in [1.54, 1.807) is 0 Å². The molecule has 2 unspecified atom stereocenters. The second-order valence-corrected chi connectivity index (χ2v) is 2.71. The van der Waals surface area contributed by atoms with E-state index in [-0.39, 0.29) is 5.92 Å². The molecule has 0 aromatic heterocycles. The Morgan fingerprint density at radius 1 is 1.67 bits per heavy atom. The minimum atomic E-state index is -0.659. The molecule has 2 atom stereocenters. The van der Waals surface area contributed by atoms with Gasteiger partial charge in [0.1, 0.15) is 0 Å². The number of carboxylic acid groups (broad SMARTS) is 1. The summed E-state index contributed by atoms with van der Waals surface area (Å²) in [6.45, 7) is 0. The van der Waals surface area contributed by atoms with E-state index < -0.39 is 5.97 Å². The van der Waals surface area contributed by atoms with Crippen LogP contribution in [0, 0.1) is 5.92 Å². The molecular weight excluding hydrogens is 118 g/mol. The number of carboxylic acids is 1. The molecule has 0 bridgehead atoms. The minimum absolute atomic E-state index is 0.0972. The van der Waals surface area contributed by atoms with Crippen molar-refractivity contribution >= 4 is 5.97 Å². The van der Waals surface area contributed by atoms with Gasteiger partial charge in [0.05, 0.1) is 5.92 Å². The molecule has 1 fully saturated rings. The Kier molecular flexibility index (Phi) is 1.45. The highest BCUT2D eigenvalue weighted by Crippen LogP contribution is 2.33. The average molecular weight is 129 g/mol. The van der Waals surface area contributed by atoms with Crippen LogP contribution < -0.4 is 0 Å². The summed E-state index contributed by atoms with van der Waals surface area (Å²) in [5.74, 6) is -0.756. The highest BCUT2D eigenvalue weighted by atomic mass is 16.4. The number of aliphatic carboxylic acids is 1. The first-order valence-corrected chi connectivity index (χ1v) is 3.02. The molecule has 1 saturated carbocycles. The van der Waals surface area contributed by atoms with Gasteiger partial charge in [0.2, 0.25) is 0 Å². The number of carbonyl (C=O) groups is 1. The normalized spacial score (nSPS) is 32.8. The second kappa shape index (κ2) is 1.99. The Bertz CT molecular complexity index is 133. The van der Waals surface area contributed by atoms with E-state index in [0.29, 0.717) is 6.04 Å². The Morgan fingerprint density at radius 3 is 2.33 bits per heavy atom. The predicted octanol–water partition coefficient (Wildman–Crippen LogP) is 0.0211. The van der Waals surface area contributed by atoms with Gasteiger partial charge in [-0.05, 0) is 20.5 Å². The number of rotatable bonds is 2. The molecular formula is C6H11NO2. The quantitative estimate of drug-likeness (QED) is 0.571. The van der Waals surface area contributed by atoms with Crippen molar-refractivity contribution in [1.82, 2.24) is 4.90 Å². The van der Waals surface area contributed by atoms with Gasteiger partial charge in [-0.1, -0.05) is 0 Å². The lowest BCUT2D eigenvalue weighted by atomic mass is 10.4. The molecule has 0 heterocycles. The van der Waals surface area contributed by atoms with Gasteiger partial charge >= 0.3 is 5.97 Å². The summed E-state index contributed by atoms with van der Waals surface area (Å²) < 4.78 is 0. The third kappa shape index (κ3) is 1.21. The molecule has 1 aliphatic carbocycles. The standard InChI is InChI=1S/C6H11NO2/c1-7(2)5-3-4(5)6(8)9/h4-5H,3H2,1-2H3,(H,8,9). The minimum Gasteiger partial charge on any atom is -0.481 e. The molecule has 0 aromatic carbocycles. The smallest absolute Gasteiger partial charge is 0.308 e. The van der Waals surface area contributed by atoms with E-state index in [1.807, 2.05) is 19.0 Å². The third-order valence-corrected chi connectivity index (χ3v) is 1.74. The van der Waals surface area contributed by atoms with Crippen LogP contribution in [-0.2, 0) is 4.79 Å². The Labute approximate surface area is 54.3 Å². The maximum Gasteiger partial charge on any atom is 0.308 e. The van der Waals surface area contributed by atoms with Gasteiger partial charge in [-0.3, -0.25) is 4.79 Å². The topological polar surface area (TPSA) is 40.5 Å². The van der Waals surface area contributed by atoms with E-state index in [1.165, 1.54) is 0 Å². The third-order valence-electron chi connectivity index (χ3n) is 1.74. The van der Waals surface area contributed by atoms with Crippen LogP contribution >= 0.6 is 0 Å². The summed E-state index contributed by atoms with van der Waals surface area (Å²) >= 11 is 0. The van der Waals surface area contributed by atoms with Crippen LogP contribution in [0.25, 0.3) is 0 Å². The molecule has 1 rings (SSSR count). The van der Waals surface area contributed by atoms with Crippen molar-refractivity contribution in [3.8, 4) is 0 Å². The first kappa shape index (κ1) is 6.55. The van der Waals surface area contributed by atoms with Crippen LogP contribution in [0.5, 0.6) is 0 Å². The second-order valence-electron chi connectivity index (χ2n) is 2.71. The molecule has 0 saturated heterocycles. The van der Waals surface area contributed by atoms with E-state index >= 15 is 0 Å². The van der Waals surface area contributed by atoms with Gasteiger partial charge < -0.3 is 10.0 Å². The summed E-state index contributed by atoms with van der Waals surface area (Å²) in [7, 11) is 3.82. The van der Waals surface area contributed by atoms with E-state index in [0.717, 1.165) is 6.42 Å². The Hall–Kier alpha value is -0.570. The van der Waals surface area contributed by atoms with Crippen LogP contribution in [-0.4, -0.2) is 36.1 Å². The Balaban J connectivity index is 2.33. The van der Waals surface area contributed by atoms with E-state index in [4.69, 9.17) is 5.11 Å². The summed E-state index contributed by atoms with van der Waals surface area (Å²) in [5, 5.41) is 8.45. The van der Waals surface area contributed by atoms with E-state index in [9.17, 15) is 4.79 Å². The average Bonchev–Trinajstić information content (AvgIpc) is 2.39. The fourth-order valence-corrected chi connectivity index (χ4v) is 1.02. The van der Waals surface area contributed by atoms with Gasteiger partial charge in [0, 0.05) is 6.04 Å². The highest BCUT2D eigenvalue weighted by Gasteiger charge is 2.44. The maximum atomic E-state index is 10.2. The van der Waals surface area contributed by atoms with Crippen molar-refractivity contribution in [1.29, 1.82) is 0 Å². The van der Waals surface area contributed by atoms with Crippen molar-refractivity contribution < 1.29 is 9.90 Å². The van der Waals surface area contributed by atoms with Crippen LogP contribution in [0.4, 0.5) is 0 Å². The van der Waals surface area contributed by atoms with Gasteiger partial charge in [-0.25, -0.2) is 0 Å². The molecule has 9 heavy (non-hydrogen) atoms. The predicted molar refractivity (Wildman–Crippen MR) is 33.2 cm³/mol. The Morgan fingerprint density at radius 2 is 2.22 bits per heavy atom. The lowest BCUT2D eigenvalue weighted by Crippen LogP contribution is -2.18. The number of nitrogens with zero attached hydrogens (tertiary/aromatic N) is 1. The van der Waals surface area contributed by atoms with Gasteiger partial charge in [-0.2, -0.15) is 0 Å². The van der Waals surface area contributed by atoms with E-state index in [2.05, 4.69) is 0 Å². The SMILES string of the molecule is CN(C)C1CC1C(=O)O. The zero-order valence-electron chi connectivity index (χ0n) is 5.66. The zero-order chi connectivity index (χ0) is 7.02. The largest absolute Gasteiger partial charge is 0.481 e. The van der Waals surface area contributed by atoms with Crippen molar-refractivity contribution in [3.05, 3.63) is 0 Å². The van der Waals surface area contributed by atoms with Gasteiger partial charge in [0.25, 0.3) is 0 Å². The van der Waals surface area contributed by atoms with Crippen LogP contribution in [0.3, 0.4) is 0 Å². The molecule has 3 heteroatoms. The monoisotopic (exact) mass is 129 g/mol. The summed E-state index contributed by atoms with van der Waals surface area (Å²) in [6, 6.07) is 0.294. The molecule has 0 aromatic rings. The number of hydrogen-bond donors (Lipinski definition) is 1. The van der Waals surface area contributed by atoms with Gasteiger partial charge in [-0.15, -0.1) is 0 Å². The van der Waals surface area contributed by atoms with Crippen LogP contribution in [0.1, 0.15) is 6.42 Å². The highest BCUT2D eigenvalue weighted by molar-refractivity contribution is 5.74. The molecule has 1 aliphatic rings. The molecule has 0 radical (unpaired) electrons. The van der Waals surface area contributed by atoms with Crippen molar-refractivity contribution in [3.63, 3.8) is 0 Å². The summed E-state index contributed by atoms with van der Waals surface area (Å²) in [4.78, 5) is 12.2. The van der Waals surface area contributed by atoms with Crippen LogP contribution in [0.2, 0.25) is 0 Å². The summed E-state index contributed by atoms with van der Waals surface area (Å²) in [6.07, 6.45) is 0.822. The first-order valence-electron chi connectivity index (χ1n) is 3.02. The lowest BCUT2D eigenvalue weighted by Gasteiger charge is -2.05. The lowest BCUT2D eigenvalue weighted by molar-refractivity contribution is -0.138. The zero-order valence-corrected chi connectivity index (χ0v) is 5.66. The summed E-state index contributed by atoms with van der Waals surface area (Å²) in [5.41, 5.74) is 0. The van der Waals surface area contributed by atoms with Crippen LogP contribution in [0.15, 0.2) is 0 Å². The molecule has 1 N–H and O–H groups in total. The fourth-order valence-electron chi connectivity index (χ4n) is 1.02. The molecule has 0 spiro atoms. The molecule has 0 amide bonds. The fraction of sp³-hybridized carbons (Fsp3) is 0.833. The van der Waals surface area contributed by atoms with Crippen molar-refractivity contribution in [2.45, 2.75) is 12.5 Å². The van der Waals surface area contributed by atoms with Crippen molar-refractivity contribution in [2.24, 2.45) is 5.92 Å².